The molecule has 5 heteroatoms. The van der Waals surface area contributed by atoms with Gasteiger partial charge in [-0.2, -0.15) is 0 Å². The molecule has 0 bridgehead atoms. The fraction of sp³-hybridized carbons (Fsp3) is 0.227. The number of hydrogen-bond acceptors (Lipinski definition) is 3. The van der Waals surface area contributed by atoms with Gasteiger partial charge in [0.05, 0.1) is 16.8 Å². The zero-order chi connectivity index (χ0) is 19.0. The molecule has 3 aromatic rings. The summed E-state index contributed by atoms with van der Waals surface area (Å²) >= 11 is 0. The highest BCUT2D eigenvalue weighted by Crippen LogP contribution is 2.21. The number of carbonyl (C=O) groups excluding carboxylic acids is 2. The Labute approximate surface area is 157 Å². The third kappa shape index (κ3) is 3.82. The predicted octanol–water partition coefficient (Wildman–Crippen LogP) is 4.00. The van der Waals surface area contributed by atoms with Crippen molar-refractivity contribution >= 4 is 28.4 Å². The molecule has 2 N–H and O–H groups in total. The van der Waals surface area contributed by atoms with E-state index in [9.17, 15) is 9.59 Å². The summed E-state index contributed by atoms with van der Waals surface area (Å²) in [6.07, 6.45) is 2.08. The van der Waals surface area contributed by atoms with Crippen molar-refractivity contribution in [1.82, 2.24) is 10.3 Å². The van der Waals surface area contributed by atoms with E-state index in [1.54, 1.807) is 24.3 Å². The lowest BCUT2D eigenvalue weighted by Crippen LogP contribution is -2.25. The maximum Gasteiger partial charge on any atom is 0.257 e. The molecule has 5 nitrogen and oxygen atoms in total. The molecule has 1 heterocycles. The van der Waals surface area contributed by atoms with Crippen molar-refractivity contribution in [2.45, 2.75) is 32.7 Å². The van der Waals surface area contributed by atoms with Crippen LogP contribution in [0.15, 0.2) is 48.5 Å². The number of aromatic nitrogens is 1. The number of benzene rings is 2. The maximum absolute atomic E-state index is 12.8. The number of nitrogens with zero attached hydrogens (tertiary/aromatic N) is 1. The summed E-state index contributed by atoms with van der Waals surface area (Å²) in [6, 6.07) is 15.1. The average molecular weight is 359 g/mol. The van der Waals surface area contributed by atoms with E-state index in [2.05, 4.69) is 15.6 Å². The summed E-state index contributed by atoms with van der Waals surface area (Å²) in [6.45, 7) is 3.85. The molecule has 27 heavy (non-hydrogen) atoms. The van der Waals surface area contributed by atoms with Crippen LogP contribution in [-0.2, 0) is 0 Å². The molecule has 1 aliphatic carbocycles. The fourth-order valence-electron chi connectivity index (χ4n) is 3.04. The SMILES string of the molecule is Cc1ccc2cc(C(=O)Nc3cccc(C(=O)NC4CC4)c3)c(C)nc2c1. The summed E-state index contributed by atoms with van der Waals surface area (Å²) in [4.78, 5) is 29.5. The van der Waals surface area contributed by atoms with E-state index in [4.69, 9.17) is 0 Å². The number of nitrogens with one attached hydrogen (secondary N) is 2. The molecule has 136 valence electrons. The minimum absolute atomic E-state index is 0.104. The molecule has 2 amide bonds. The smallest absolute Gasteiger partial charge is 0.257 e. The topological polar surface area (TPSA) is 71.1 Å². The molecular weight excluding hydrogens is 338 g/mol. The maximum atomic E-state index is 12.8. The van der Waals surface area contributed by atoms with Crippen molar-refractivity contribution in [3.05, 3.63) is 70.9 Å². The summed E-state index contributed by atoms with van der Waals surface area (Å²) in [5, 5.41) is 6.76. The summed E-state index contributed by atoms with van der Waals surface area (Å²) in [5.74, 6) is -0.338. The van der Waals surface area contributed by atoms with Gasteiger partial charge in [0.1, 0.15) is 0 Å². The molecule has 0 aliphatic heterocycles. The van der Waals surface area contributed by atoms with Crippen molar-refractivity contribution in [3.8, 4) is 0 Å². The van der Waals surface area contributed by atoms with Crippen LogP contribution in [0.5, 0.6) is 0 Å². The minimum Gasteiger partial charge on any atom is -0.349 e. The molecule has 0 saturated heterocycles. The van der Waals surface area contributed by atoms with Gasteiger partial charge in [-0.25, -0.2) is 0 Å². The van der Waals surface area contributed by atoms with E-state index in [1.165, 1.54) is 0 Å². The monoisotopic (exact) mass is 359 g/mol. The van der Waals surface area contributed by atoms with Crippen molar-refractivity contribution < 1.29 is 9.59 Å². The van der Waals surface area contributed by atoms with Crippen LogP contribution < -0.4 is 10.6 Å². The molecule has 1 aromatic heterocycles. The van der Waals surface area contributed by atoms with E-state index >= 15 is 0 Å². The Kier molecular flexibility index (Phi) is 4.36. The van der Waals surface area contributed by atoms with Crippen LogP contribution in [0.25, 0.3) is 10.9 Å². The normalized spacial score (nSPS) is 13.4. The average Bonchev–Trinajstić information content (AvgIpc) is 3.45. The van der Waals surface area contributed by atoms with Crippen molar-refractivity contribution in [3.63, 3.8) is 0 Å². The van der Waals surface area contributed by atoms with Crippen LogP contribution in [0, 0.1) is 13.8 Å². The van der Waals surface area contributed by atoms with Crippen LogP contribution >= 0.6 is 0 Å². The van der Waals surface area contributed by atoms with Gasteiger partial charge in [-0.1, -0.05) is 18.2 Å². The lowest BCUT2D eigenvalue weighted by atomic mass is 10.1. The summed E-state index contributed by atoms with van der Waals surface area (Å²) in [5.41, 5.74) is 4.35. The second-order valence-electron chi connectivity index (χ2n) is 7.10. The highest BCUT2D eigenvalue weighted by atomic mass is 16.2. The Morgan fingerprint density at radius 2 is 1.81 bits per heavy atom. The summed E-state index contributed by atoms with van der Waals surface area (Å²) < 4.78 is 0. The van der Waals surface area contributed by atoms with E-state index < -0.39 is 0 Å². The largest absolute Gasteiger partial charge is 0.349 e. The molecule has 1 fully saturated rings. The molecule has 4 rings (SSSR count). The highest BCUT2D eigenvalue weighted by molar-refractivity contribution is 6.07. The molecular formula is C22H21N3O2. The first-order valence-corrected chi connectivity index (χ1v) is 9.10. The standard InChI is InChI=1S/C22H21N3O2/c1-13-6-7-15-12-19(14(2)23-20(15)10-13)22(27)25-18-5-3-4-16(11-18)21(26)24-17-8-9-17/h3-7,10-12,17H,8-9H2,1-2H3,(H,24,26)(H,25,27). The quantitative estimate of drug-likeness (QED) is 0.740. The third-order valence-corrected chi connectivity index (χ3v) is 4.70. The lowest BCUT2D eigenvalue weighted by Gasteiger charge is -2.10. The van der Waals surface area contributed by atoms with Crippen molar-refractivity contribution in [1.29, 1.82) is 0 Å². The number of carbonyl (C=O) groups is 2. The van der Waals surface area contributed by atoms with Gasteiger partial charge in [-0.05, 0) is 62.6 Å². The van der Waals surface area contributed by atoms with Crippen LogP contribution in [0.3, 0.4) is 0 Å². The Morgan fingerprint density at radius 3 is 2.59 bits per heavy atom. The van der Waals surface area contributed by atoms with E-state index in [0.29, 0.717) is 28.6 Å². The number of aryl methyl sites for hydroxylation is 2. The zero-order valence-corrected chi connectivity index (χ0v) is 15.4. The molecule has 1 aliphatic rings. The Hall–Kier alpha value is -3.21. The number of anilines is 1. The van der Waals surface area contributed by atoms with Gasteiger partial charge in [0.2, 0.25) is 0 Å². The summed E-state index contributed by atoms with van der Waals surface area (Å²) in [7, 11) is 0. The van der Waals surface area contributed by atoms with E-state index in [0.717, 1.165) is 29.3 Å². The highest BCUT2D eigenvalue weighted by Gasteiger charge is 2.24. The second kappa shape index (κ2) is 6.83. The van der Waals surface area contributed by atoms with Gasteiger partial charge in [0.15, 0.2) is 0 Å². The third-order valence-electron chi connectivity index (χ3n) is 4.70. The van der Waals surface area contributed by atoms with Gasteiger partial charge < -0.3 is 10.6 Å². The molecule has 0 spiro atoms. The second-order valence-corrected chi connectivity index (χ2v) is 7.10. The van der Waals surface area contributed by atoms with Gasteiger partial charge in [-0.3, -0.25) is 14.6 Å². The van der Waals surface area contributed by atoms with Crippen LogP contribution in [-0.4, -0.2) is 22.8 Å². The number of pyridine rings is 1. The molecule has 2 aromatic carbocycles. The van der Waals surface area contributed by atoms with Crippen LogP contribution in [0.4, 0.5) is 5.69 Å². The Morgan fingerprint density at radius 1 is 1.00 bits per heavy atom. The molecule has 0 atom stereocenters. The fourth-order valence-corrected chi connectivity index (χ4v) is 3.04. The van der Waals surface area contributed by atoms with Gasteiger partial charge in [-0.15, -0.1) is 0 Å². The van der Waals surface area contributed by atoms with Crippen molar-refractivity contribution in [2.24, 2.45) is 0 Å². The van der Waals surface area contributed by atoms with Gasteiger partial charge >= 0.3 is 0 Å². The number of hydrogen-bond donors (Lipinski definition) is 2. The Balaban J connectivity index is 1.56. The van der Waals surface area contributed by atoms with Gasteiger partial charge in [0.25, 0.3) is 11.8 Å². The number of fused-ring (bicyclic) bond motifs is 1. The minimum atomic E-state index is -0.234. The molecule has 0 radical (unpaired) electrons. The molecule has 1 saturated carbocycles. The van der Waals surface area contributed by atoms with E-state index in [-0.39, 0.29) is 11.8 Å². The first-order valence-electron chi connectivity index (χ1n) is 9.10. The zero-order valence-electron chi connectivity index (χ0n) is 15.4. The van der Waals surface area contributed by atoms with Crippen LogP contribution in [0.1, 0.15) is 44.8 Å². The van der Waals surface area contributed by atoms with Gasteiger partial charge in [0, 0.05) is 22.7 Å². The number of rotatable bonds is 4. The first kappa shape index (κ1) is 17.2. The lowest BCUT2D eigenvalue weighted by molar-refractivity contribution is 0.0949. The van der Waals surface area contributed by atoms with Crippen LogP contribution in [0.2, 0.25) is 0 Å². The van der Waals surface area contributed by atoms with E-state index in [1.807, 2.05) is 38.1 Å². The predicted molar refractivity (Wildman–Crippen MR) is 106 cm³/mol. The Bertz CT molecular complexity index is 1050. The first-order chi connectivity index (χ1) is 13.0. The molecule has 0 unspecified atom stereocenters. The number of amides is 2. The van der Waals surface area contributed by atoms with Crippen molar-refractivity contribution in [2.75, 3.05) is 5.32 Å².